The van der Waals surface area contributed by atoms with Gasteiger partial charge in [-0.1, -0.05) is 11.3 Å². The lowest BCUT2D eigenvalue weighted by molar-refractivity contribution is 0.0218. The van der Waals surface area contributed by atoms with Crippen molar-refractivity contribution in [2.45, 2.75) is 31.8 Å². The van der Waals surface area contributed by atoms with Crippen LogP contribution < -0.4 is 10.1 Å². The number of carbonyl (C=O) groups excluding carboxylic acids is 1. The molecule has 7 heteroatoms. The summed E-state index contributed by atoms with van der Waals surface area (Å²) in [6, 6.07) is 4.22. The van der Waals surface area contributed by atoms with E-state index >= 15 is 0 Å². The molecule has 1 N–H and O–H groups in total. The molecule has 122 valence electrons. The monoisotopic (exact) mass is 333 g/mol. The van der Waals surface area contributed by atoms with Crippen molar-refractivity contribution in [3.63, 3.8) is 0 Å². The van der Waals surface area contributed by atoms with E-state index in [4.69, 9.17) is 9.15 Å². The topological polar surface area (TPSA) is 67.6 Å². The van der Waals surface area contributed by atoms with Gasteiger partial charge in [-0.25, -0.2) is 4.98 Å². The summed E-state index contributed by atoms with van der Waals surface area (Å²) >= 11 is 1.31. The Kier molecular flexibility index (Phi) is 3.82. The second-order valence-corrected chi connectivity index (χ2v) is 7.20. The second-order valence-electron chi connectivity index (χ2n) is 6.15. The quantitative estimate of drug-likeness (QED) is 0.932. The normalized spacial score (nSPS) is 29.4. The Balaban J connectivity index is 1.42. The summed E-state index contributed by atoms with van der Waals surface area (Å²) in [5.41, 5.74) is 0. The van der Waals surface area contributed by atoms with Crippen molar-refractivity contribution in [1.82, 2.24) is 15.2 Å². The lowest BCUT2D eigenvalue weighted by Crippen LogP contribution is -2.62. The van der Waals surface area contributed by atoms with Crippen molar-refractivity contribution in [3.05, 3.63) is 29.6 Å². The summed E-state index contributed by atoms with van der Waals surface area (Å²) in [6.45, 7) is 4.53. The minimum Gasteiger partial charge on any atom is -0.414 e. The van der Waals surface area contributed by atoms with Gasteiger partial charge in [0.25, 0.3) is 5.91 Å². The Labute approximate surface area is 138 Å². The maximum atomic E-state index is 12.5. The molecule has 2 atom stereocenters. The first-order valence-corrected chi connectivity index (χ1v) is 8.73. The molecule has 1 amide bonds. The Hall–Kier alpha value is -1.86. The van der Waals surface area contributed by atoms with Crippen LogP contribution in [0.2, 0.25) is 0 Å². The van der Waals surface area contributed by atoms with E-state index in [1.165, 1.54) is 36.8 Å². The molecule has 0 saturated carbocycles. The van der Waals surface area contributed by atoms with Crippen molar-refractivity contribution in [3.8, 4) is 11.0 Å². The van der Waals surface area contributed by atoms with Gasteiger partial charge in [0.2, 0.25) is 0 Å². The number of hydrogen-bond acceptors (Lipinski definition) is 6. The molecule has 3 aliphatic rings. The molecule has 5 rings (SSSR count). The number of carbonyl (C=O) groups is 1. The lowest BCUT2D eigenvalue weighted by Gasteiger charge is -2.49. The fraction of sp³-hybridized carbons (Fsp3) is 0.500. The van der Waals surface area contributed by atoms with Crippen LogP contribution in [0.15, 0.2) is 29.1 Å². The summed E-state index contributed by atoms with van der Waals surface area (Å²) in [7, 11) is 0. The van der Waals surface area contributed by atoms with E-state index in [9.17, 15) is 4.79 Å². The molecule has 3 saturated heterocycles. The lowest BCUT2D eigenvalue weighted by atomic mass is 9.79. The van der Waals surface area contributed by atoms with E-state index < -0.39 is 0 Å². The Morgan fingerprint density at radius 2 is 2.26 bits per heavy atom. The standard InChI is InChI=1S/C16H19N3O3S/c1-10-15(11-4-6-19(10)7-5-11)18-16(20)12-2-3-14(23-12)22-13-8-17-9-21-13/h2-3,8-11,15H,4-7H2,1H3,(H,18,20). The molecular weight excluding hydrogens is 314 g/mol. The van der Waals surface area contributed by atoms with Crippen molar-refractivity contribution >= 4 is 17.2 Å². The number of rotatable bonds is 4. The van der Waals surface area contributed by atoms with E-state index in [1.807, 2.05) is 0 Å². The van der Waals surface area contributed by atoms with Crippen LogP contribution in [0, 0.1) is 5.92 Å². The van der Waals surface area contributed by atoms with Gasteiger partial charge in [0.1, 0.15) is 6.20 Å². The number of oxazole rings is 1. The summed E-state index contributed by atoms with van der Waals surface area (Å²) in [5, 5.41) is 3.85. The van der Waals surface area contributed by atoms with Crippen LogP contribution in [0.4, 0.5) is 0 Å². The summed E-state index contributed by atoms with van der Waals surface area (Å²) in [4.78, 5) is 19.5. The van der Waals surface area contributed by atoms with Crippen LogP contribution >= 0.6 is 11.3 Å². The first kappa shape index (κ1) is 14.7. The average molecular weight is 333 g/mol. The zero-order valence-electron chi connectivity index (χ0n) is 12.9. The van der Waals surface area contributed by atoms with Gasteiger partial charge in [0.15, 0.2) is 11.5 Å². The van der Waals surface area contributed by atoms with Crippen LogP contribution in [0.5, 0.6) is 11.0 Å². The number of fused-ring (bicyclic) bond motifs is 3. The number of hydrogen-bond donors (Lipinski definition) is 1. The highest BCUT2D eigenvalue weighted by Crippen LogP contribution is 2.33. The first-order valence-electron chi connectivity index (χ1n) is 7.92. The molecule has 3 fully saturated rings. The van der Waals surface area contributed by atoms with Gasteiger partial charge in [0.05, 0.1) is 4.88 Å². The van der Waals surface area contributed by atoms with Crippen molar-refractivity contribution in [2.24, 2.45) is 5.92 Å². The third-order valence-electron chi connectivity index (χ3n) is 4.89. The van der Waals surface area contributed by atoms with Crippen LogP contribution in [0.1, 0.15) is 29.4 Å². The van der Waals surface area contributed by atoms with Crippen LogP contribution in [-0.2, 0) is 0 Å². The zero-order valence-corrected chi connectivity index (χ0v) is 13.7. The molecule has 0 aliphatic carbocycles. The molecule has 23 heavy (non-hydrogen) atoms. The van der Waals surface area contributed by atoms with Crippen molar-refractivity contribution < 1.29 is 13.9 Å². The Morgan fingerprint density at radius 1 is 1.43 bits per heavy atom. The molecule has 6 nitrogen and oxygen atoms in total. The summed E-state index contributed by atoms with van der Waals surface area (Å²) in [6.07, 6.45) is 5.17. The Morgan fingerprint density at radius 3 is 2.96 bits per heavy atom. The number of thiophene rings is 1. The SMILES string of the molecule is CC1C(NC(=O)c2ccc(Oc3cnco3)s2)C2CCN1CC2. The number of nitrogens with one attached hydrogen (secondary N) is 1. The molecule has 0 spiro atoms. The summed E-state index contributed by atoms with van der Waals surface area (Å²) < 4.78 is 10.6. The Bertz CT molecular complexity index is 675. The molecule has 5 heterocycles. The highest BCUT2D eigenvalue weighted by Gasteiger charge is 2.40. The average Bonchev–Trinajstić information content (AvgIpc) is 3.23. The van der Waals surface area contributed by atoms with Gasteiger partial charge in [-0.15, -0.1) is 0 Å². The highest BCUT2D eigenvalue weighted by molar-refractivity contribution is 7.15. The van der Waals surface area contributed by atoms with Crippen molar-refractivity contribution in [2.75, 3.05) is 13.1 Å². The van der Waals surface area contributed by atoms with Crippen LogP contribution in [-0.4, -0.2) is 41.0 Å². The molecule has 2 aromatic rings. The predicted molar refractivity (Wildman–Crippen MR) is 85.9 cm³/mol. The number of nitrogens with zero attached hydrogens (tertiary/aromatic N) is 2. The van der Waals surface area contributed by atoms with Gasteiger partial charge in [-0.3, -0.25) is 9.69 Å². The molecule has 2 aromatic heterocycles. The van der Waals surface area contributed by atoms with Crippen molar-refractivity contribution in [1.29, 1.82) is 0 Å². The third kappa shape index (κ3) is 2.86. The fourth-order valence-corrected chi connectivity index (χ4v) is 4.38. The number of piperidine rings is 3. The molecule has 0 radical (unpaired) electrons. The van der Waals surface area contributed by atoms with Gasteiger partial charge < -0.3 is 14.5 Å². The molecule has 2 bridgehead atoms. The molecule has 3 aliphatic heterocycles. The van der Waals surface area contributed by atoms with E-state index in [0.717, 1.165) is 13.1 Å². The zero-order chi connectivity index (χ0) is 15.8. The summed E-state index contributed by atoms with van der Waals surface area (Å²) in [5.74, 6) is 0.904. The predicted octanol–water partition coefficient (Wildman–Crippen LogP) is 2.74. The van der Waals surface area contributed by atoms with Gasteiger partial charge in [0, 0.05) is 12.1 Å². The van der Waals surface area contributed by atoms with Gasteiger partial charge in [-0.05, 0) is 50.9 Å². The fourth-order valence-electron chi connectivity index (χ4n) is 3.62. The first-order chi connectivity index (χ1) is 11.2. The van der Waals surface area contributed by atoms with E-state index in [0.29, 0.717) is 27.8 Å². The maximum Gasteiger partial charge on any atom is 0.311 e. The van der Waals surface area contributed by atoms with Gasteiger partial charge >= 0.3 is 5.95 Å². The number of amides is 1. The van der Waals surface area contributed by atoms with Gasteiger partial charge in [-0.2, -0.15) is 0 Å². The van der Waals surface area contributed by atoms with E-state index in [1.54, 1.807) is 12.1 Å². The largest absolute Gasteiger partial charge is 0.414 e. The smallest absolute Gasteiger partial charge is 0.311 e. The van der Waals surface area contributed by atoms with E-state index in [-0.39, 0.29) is 11.9 Å². The third-order valence-corrected chi connectivity index (χ3v) is 5.85. The van der Waals surface area contributed by atoms with Crippen LogP contribution in [0.25, 0.3) is 0 Å². The number of aromatic nitrogens is 1. The minimum atomic E-state index is -0.0204. The van der Waals surface area contributed by atoms with E-state index in [2.05, 4.69) is 22.1 Å². The molecular formula is C16H19N3O3S. The van der Waals surface area contributed by atoms with Crippen LogP contribution in [0.3, 0.4) is 0 Å². The highest BCUT2D eigenvalue weighted by atomic mass is 32.1. The number of ether oxygens (including phenoxy) is 1. The molecule has 0 aromatic carbocycles. The minimum absolute atomic E-state index is 0.0204. The molecule has 2 unspecified atom stereocenters. The maximum absolute atomic E-state index is 12.5. The second kappa shape index (κ2) is 5.98.